The van der Waals surface area contributed by atoms with Crippen molar-refractivity contribution in [2.24, 2.45) is 17.1 Å². The van der Waals surface area contributed by atoms with E-state index in [9.17, 15) is 9.59 Å². The first kappa shape index (κ1) is 22.4. The van der Waals surface area contributed by atoms with Crippen LogP contribution in [0.3, 0.4) is 0 Å². The second kappa shape index (κ2) is 8.11. The number of nitrogen functional groups attached to an aromatic ring is 1. The highest BCUT2D eigenvalue weighted by Crippen LogP contribution is 2.65. The molecular weight excluding hydrogens is 430 g/mol. The summed E-state index contributed by atoms with van der Waals surface area (Å²) < 4.78 is 7.05. The van der Waals surface area contributed by atoms with Gasteiger partial charge in [-0.2, -0.15) is 5.10 Å². The van der Waals surface area contributed by atoms with Crippen LogP contribution in [0.15, 0.2) is 34.9 Å². The lowest BCUT2D eigenvalue weighted by Crippen LogP contribution is -2.52. The van der Waals surface area contributed by atoms with E-state index in [4.69, 9.17) is 16.0 Å². The summed E-state index contributed by atoms with van der Waals surface area (Å²) in [6.45, 7) is 5.75. The quantitative estimate of drug-likeness (QED) is 0.494. The SMILES string of the molecule is CC(C(=O)Cc1cc(CC23CC(C2)C3)no1)c1ccc(-c2nn(C(C)C)c(N)c2C(N)=O)cc1. The van der Waals surface area contributed by atoms with Gasteiger partial charge in [-0.3, -0.25) is 9.59 Å². The first-order valence-electron chi connectivity index (χ1n) is 11.9. The molecule has 3 saturated carbocycles. The molecule has 2 heterocycles. The number of carbonyl (C=O) groups is 2. The summed E-state index contributed by atoms with van der Waals surface area (Å²) in [4.78, 5) is 24.9. The van der Waals surface area contributed by atoms with Gasteiger partial charge in [0.15, 0.2) is 0 Å². The number of ketones is 1. The van der Waals surface area contributed by atoms with Crippen molar-refractivity contribution in [3.63, 3.8) is 0 Å². The summed E-state index contributed by atoms with van der Waals surface area (Å²) in [7, 11) is 0. The number of nitrogens with zero attached hydrogens (tertiary/aromatic N) is 3. The minimum Gasteiger partial charge on any atom is -0.383 e. The molecule has 0 spiro atoms. The first-order chi connectivity index (χ1) is 16.2. The van der Waals surface area contributed by atoms with Crippen molar-refractivity contribution in [2.75, 3.05) is 5.73 Å². The molecule has 2 bridgehead atoms. The van der Waals surface area contributed by atoms with Crippen LogP contribution < -0.4 is 11.5 Å². The van der Waals surface area contributed by atoms with Crippen molar-refractivity contribution in [3.8, 4) is 11.3 Å². The van der Waals surface area contributed by atoms with E-state index in [1.54, 1.807) is 4.68 Å². The number of benzene rings is 1. The van der Waals surface area contributed by atoms with Gasteiger partial charge in [0.05, 0.1) is 12.1 Å². The molecular formula is C26H31N5O3. The maximum Gasteiger partial charge on any atom is 0.254 e. The zero-order valence-corrected chi connectivity index (χ0v) is 19.9. The van der Waals surface area contributed by atoms with E-state index >= 15 is 0 Å². The molecule has 2 aromatic heterocycles. The Morgan fingerprint density at radius 2 is 1.85 bits per heavy atom. The van der Waals surface area contributed by atoms with Gasteiger partial charge in [0, 0.05) is 23.6 Å². The van der Waals surface area contributed by atoms with E-state index in [1.807, 2.05) is 51.1 Å². The molecule has 178 valence electrons. The Labute approximate surface area is 198 Å². The van der Waals surface area contributed by atoms with Gasteiger partial charge in [-0.25, -0.2) is 4.68 Å². The molecule has 6 rings (SSSR count). The lowest BCUT2D eigenvalue weighted by Gasteiger charge is -2.62. The lowest BCUT2D eigenvalue weighted by atomic mass is 9.43. The molecule has 8 heteroatoms. The van der Waals surface area contributed by atoms with Crippen molar-refractivity contribution in [2.45, 2.75) is 64.8 Å². The number of hydrogen-bond acceptors (Lipinski definition) is 6. The Morgan fingerprint density at radius 1 is 1.18 bits per heavy atom. The smallest absolute Gasteiger partial charge is 0.254 e. The van der Waals surface area contributed by atoms with Crippen LogP contribution in [-0.4, -0.2) is 26.6 Å². The minimum absolute atomic E-state index is 0.0145. The van der Waals surface area contributed by atoms with E-state index < -0.39 is 5.91 Å². The Hall–Kier alpha value is -3.42. The molecule has 1 atom stereocenters. The van der Waals surface area contributed by atoms with Crippen LogP contribution in [-0.2, 0) is 17.6 Å². The summed E-state index contributed by atoms with van der Waals surface area (Å²) in [5.74, 6) is 0.945. The molecule has 1 amide bonds. The van der Waals surface area contributed by atoms with Crippen LogP contribution in [0.5, 0.6) is 0 Å². The predicted octanol–water partition coefficient (Wildman–Crippen LogP) is 4.06. The molecule has 3 fully saturated rings. The van der Waals surface area contributed by atoms with Crippen LogP contribution in [0.25, 0.3) is 11.3 Å². The number of rotatable bonds is 9. The van der Waals surface area contributed by atoms with E-state index in [1.165, 1.54) is 19.3 Å². The molecule has 3 aliphatic carbocycles. The fraction of sp³-hybridized carbons (Fsp3) is 0.462. The highest BCUT2D eigenvalue weighted by molar-refractivity contribution is 6.03. The monoisotopic (exact) mass is 461 g/mol. The van der Waals surface area contributed by atoms with E-state index in [0.717, 1.165) is 29.2 Å². The Bertz CT molecular complexity index is 1240. The average molecular weight is 462 g/mol. The summed E-state index contributed by atoms with van der Waals surface area (Å²) in [6.07, 6.45) is 5.11. The van der Waals surface area contributed by atoms with Gasteiger partial charge in [0.2, 0.25) is 0 Å². The van der Waals surface area contributed by atoms with Gasteiger partial charge in [-0.15, -0.1) is 0 Å². The molecule has 1 aromatic carbocycles. The van der Waals surface area contributed by atoms with E-state index in [2.05, 4.69) is 10.3 Å². The fourth-order valence-corrected chi connectivity index (χ4v) is 5.51. The molecule has 34 heavy (non-hydrogen) atoms. The third-order valence-corrected chi connectivity index (χ3v) is 7.53. The van der Waals surface area contributed by atoms with Gasteiger partial charge in [-0.05, 0) is 56.4 Å². The predicted molar refractivity (Wildman–Crippen MR) is 128 cm³/mol. The normalized spacial score (nSPS) is 21.7. The Morgan fingerprint density at radius 3 is 2.41 bits per heavy atom. The average Bonchev–Trinajstić information content (AvgIpc) is 3.33. The van der Waals surface area contributed by atoms with Gasteiger partial charge >= 0.3 is 0 Å². The van der Waals surface area contributed by atoms with Crippen molar-refractivity contribution in [1.82, 2.24) is 14.9 Å². The first-order valence-corrected chi connectivity index (χ1v) is 11.9. The van der Waals surface area contributed by atoms with Crippen molar-refractivity contribution in [1.29, 1.82) is 0 Å². The number of Topliss-reactive ketones (excluding diaryl/α,β-unsaturated/α-hetero) is 1. The minimum atomic E-state index is -0.618. The summed E-state index contributed by atoms with van der Waals surface area (Å²) in [5, 5.41) is 8.71. The number of amides is 1. The van der Waals surface area contributed by atoms with Gasteiger partial charge in [-0.1, -0.05) is 36.3 Å². The molecule has 1 unspecified atom stereocenters. The molecule has 3 aromatic rings. The Kier molecular flexibility index (Phi) is 5.34. The van der Waals surface area contributed by atoms with Gasteiger partial charge < -0.3 is 16.0 Å². The third kappa shape index (κ3) is 3.81. The van der Waals surface area contributed by atoms with Crippen LogP contribution in [0.2, 0.25) is 0 Å². The maximum absolute atomic E-state index is 12.9. The largest absolute Gasteiger partial charge is 0.383 e. The third-order valence-electron chi connectivity index (χ3n) is 7.53. The number of aromatic nitrogens is 3. The summed E-state index contributed by atoms with van der Waals surface area (Å²) >= 11 is 0. The molecule has 0 saturated heterocycles. The second-order valence-corrected chi connectivity index (χ2v) is 10.4. The molecule has 3 aliphatic rings. The van der Waals surface area contributed by atoms with Crippen LogP contribution in [0.1, 0.15) is 79.4 Å². The number of hydrogen-bond donors (Lipinski definition) is 2. The van der Waals surface area contributed by atoms with Crippen LogP contribution in [0, 0.1) is 11.3 Å². The zero-order valence-electron chi connectivity index (χ0n) is 19.9. The number of primary amides is 1. The standard InChI is InChI=1S/C26H31N5O3/c1-14(2)31-24(27)22(25(28)33)23(29-31)18-6-4-17(5-7-18)15(3)21(32)9-20-8-19(30-34-20)13-26-10-16(11-26)12-26/h4-8,14-16H,9-13,27H2,1-3H3,(H2,28,33). The van der Waals surface area contributed by atoms with Crippen molar-refractivity contribution < 1.29 is 14.1 Å². The second-order valence-electron chi connectivity index (χ2n) is 10.4. The summed E-state index contributed by atoms with van der Waals surface area (Å²) in [5.41, 5.74) is 15.4. The Balaban J connectivity index is 1.28. The maximum atomic E-state index is 12.9. The molecule has 8 nitrogen and oxygen atoms in total. The van der Waals surface area contributed by atoms with E-state index in [-0.39, 0.29) is 35.5 Å². The lowest BCUT2D eigenvalue weighted by molar-refractivity contribution is -0.119. The highest BCUT2D eigenvalue weighted by atomic mass is 16.5. The molecule has 0 aliphatic heterocycles. The van der Waals surface area contributed by atoms with Gasteiger partial charge in [0.25, 0.3) is 5.91 Å². The molecule has 4 N–H and O–H groups in total. The number of anilines is 1. The number of carbonyl (C=O) groups excluding carboxylic acids is 2. The van der Waals surface area contributed by atoms with Crippen LogP contribution in [0.4, 0.5) is 5.82 Å². The fourth-order valence-electron chi connectivity index (χ4n) is 5.51. The van der Waals surface area contributed by atoms with Gasteiger partial charge in [0.1, 0.15) is 28.6 Å². The zero-order chi connectivity index (χ0) is 24.2. The van der Waals surface area contributed by atoms with Crippen LogP contribution >= 0.6 is 0 Å². The van der Waals surface area contributed by atoms with Crippen molar-refractivity contribution >= 4 is 17.5 Å². The van der Waals surface area contributed by atoms with E-state index in [0.29, 0.717) is 16.9 Å². The summed E-state index contributed by atoms with van der Waals surface area (Å²) in [6, 6.07) is 9.36. The topological polar surface area (TPSA) is 130 Å². The highest BCUT2D eigenvalue weighted by Gasteiger charge is 2.56. The number of nitrogens with two attached hydrogens (primary N) is 2. The van der Waals surface area contributed by atoms with Crippen molar-refractivity contribution in [3.05, 3.63) is 52.9 Å². The molecule has 0 radical (unpaired) electrons.